The van der Waals surface area contributed by atoms with Gasteiger partial charge < -0.3 is 5.11 Å². The monoisotopic (exact) mass is 274 g/mol. The van der Waals surface area contributed by atoms with Crippen LogP contribution in [0.2, 0.25) is 0 Å². The van der Waals surface area contributed by atoms with E-state index in [1.54, 1.807) is 0 Å². The van der Waals surface area contributed by atoms with Crippen LogP contribution in [0.3, 0.4) is 0 Å². The van der Waals surface area contributed by atoms with Crippen molar-refractivity contribution < 1.29 is 14.3 Å². The first-order valence-electron chi connectivity index (χ1n) is 5.78. The van der Waals surface area contributed by atoms with Gasteiger partial charge in [0.15, 0.2) is 0 Å². The summed E-state index contributed by atoms with van der Waals surface area (Å²) < 4.78 is 14.7. The fraction of sp³-hybridized carbons (Fsp3) is 0.0714. The summed E-state index contributed by atoms with van der Waals surface area (Å²) in [6, 6.07) is 7.14. The molecule has 0 unspecified atom stereocenters. The Morgan fingerprint density at radius 3 is 2.90 bits per heavy atom. The van der Waals surface area contributed by atoms with E-state index in [1.807, 2.05) is 0 Å². The number of aromatic nitrogens is 2. The van der Waals surface area contributed by atoms with Crippen LogP contribution in [0, 0.1) is 5.82 Å². The lowest BCUT2D eigenvalue weighted by Gasteiger charge is -2.05. The van der Waals surface area contributed by atoms with Crippen molar-refractivity contribution in [2.75, 3.05) is 0 Å². The van der Waals surface area contributed by atoms with Gasteiger partial charge in [-0.25, -0.2) is 13.9 Å². The lowest BCUT2D eigenvalue weighted by atomic mass is 10.1. The first-order valence-corrected chi connectivity index (χ1v) is 5.78. The number of rotatable bonds is 4. The number of carboxylic acids is 1. The smallest absolute Gasteiger partial charge is 0.328 e. The molecule has 1 aromatic heterocycles. The van der Waals surface area contributed by atoms with E-state index in [1.165, 1.54) is 47.3 Å². The van der Waals surface area contributed by atoms with E-state index in [0.717, 1.165) is 6.08 Å². The average Bonchev–Trinajstić information content (AvgIpc) is 2.42. The minimum Gasteiger partial charge on any atom is -0.478 e. The van der Waals surface area contributed by atoms with Crippen LogP contribution in [-0.4, -0.2) is 20.9 Å². The standard InChI is InChI=1S/C14H11FN2O3/c15-12-5-3-10(8-11(12)4-6-14(19)20)9-17-13(18)2-1-7-16-17/h1-8H,9H2,(H,19,20). The van der Waals surface area contributed by atoms with Gasteiger partial charge in [-0.15, -0.1) is 0 Å². The molecule has 0 saturated carbocycles. The van der Waals surface area contributed by atoms with E-state index in [4.69, 9.17) is 5.11 Å². The SMILES string of the molecule is O=C(O)C=Cc1cc(Cn2ncccc2=O)ccc1F. The quantitative estimate of drug-likeness (QED) is 0.858. The van der Waals surface area contributed by atoms with Crippen LogP contribution in [-0.2, 0) is 11.3 Å². The molecular formula is C14H11FN2O3. The summed E-state index contributed by atoms with van der Waals surface area (Å²) in [4.78, 5) is 22.0. The maximum Gasteiger partial charge on any atom is 0.328 e. The van der Waals surface area contributed by atoms with Crippen LogP contribution in [0.15, 0.2) is 47.4 Å². The van der Waals surface area contributed by atoms with Gasteiger partial charge in [-0.3, -0.25) is 4.79 Å². The van der Waals surface area contributed by atoms with E-state index in [2.05, 4.69) is 5.10 Å². The van der Waals surface area contributed by atoms with E-state index in [0.29, 0.717) is 5.56 Å². The second kappa shape index (κ2) is 5.92. The molecule has 0 saturated heterocycles. The molecule has 6 heteroatoms. The van der Waals surface area contributed by atoms with E-state index >= 15 is 0 Å². The van der Waals surface area contributed by atoms with Gasteiger partial charge >= 0.3 is 5.97 Å². The molecule has 1 aromatic carbocycles. The Balaban J connectivity index is 2.30. The number of carbonyl (C=O) groups is 1. The average molecular weight is 274 g/mol. The molecule has 0 amide bonds. The zero-order valence-electron chi connectivity index (χ0n) is 10.4. The number of benzene rings is 1. The van der Waals surface area contributed by atoms with Crippen molar-refractivity contribution in [2.45, 2.75) is 6.54 Å². The predicted octanol–water partition coefficient (Wildman–Crippen LogP) is 1.53. The van der Waals surface area contributed by atoms with E-state index < -0.39 is 11.8 Å². The molecule has 0 spiro atoms. The largest absolute Gasteiger partial charge is 0.478 e. The van der Waals surface area contributed by atoms with Gasteiger partial charge in [-0.1, -0.05) is 6.07 Å². The maximum atomic E-state index is 13.5. The fourth-order valence-corrected chi connectivity index (χ4v) is 1.66. The first kappa shape index (κ1) is 13.7. The van der Waals surface area contributed by atoms with Gasteiger partial charge in [-0.05, 0) is 29.8 Å². The van der Waals surface area contributed by atoms with Crippen molar-refractivity contribution in [2.24, 2.45) is 0 Å². The number of halogens is 1. The molecule has 5 nitrogen and oxygen atoms in total. The van der Waals surface area contributed by atoms with E-state index in [-0.39, 0.29) is 17.7 Å². The minimum atomic E-state index is -1.16. The van der Waals surface area contributed by atoms with Crippen LogP contribution < -0.4 is 5.56 Å². The molecule has 102 valence electrons. The summed E-state index contributed by atoms with van der Waals surface area (Å²) in [7, 11) is 0. The molecule has 1 heterocycles. The third-order valence-electron chi connectivity index (χ3n) is 2.58. The highest BCUT2D eigenvalue weighted by molar-refractivity contribution is 5.85. The zero-order valence-corrected chi connectivity index (χ0v) is 10.4. The van der Waals surface area contributed by atoms with Crippen molar-refractivity contribution in [1.29, 1.82) is 0 Å². The van der Waals surface area contributed by atoms with Gasteiger partial charge in [0, 0.05) is 23.9 Å². The Morgan fingerprint density at radius 1 is 1.40 bits per heavy atom. The number of aliphatic carboxylic acids is 1. The molecule has 0 aliphatic rings. The Labute approximate surface area is 113 Å². The third-order valence-corrected chi connectivity index (χ3v) is 2.58. The molecule has 0 fully saturated rings. The predicted molar refractivity (Wildman–Crippen MR) is 70.7 cm³/mol. The molecule has 2 aromatic rings. The van der Waals surface area contributed by atoms with Gasteiger partial charge in [0.1, 0.15) is 5.82 Å². The highest BCUT2D eigenvalue weighted by atomic mass is 19.1. The van der Waals surface area contributed by atoms with E-state index in [9.17, 15) is 14.0 Å². The molecule has 20 heavy (non-hydrogen) atoms. The van der Waals surface area contributed by atoms with Crippen molar-refractivity contribution in [3.05, 3.63) is 69.9 Å². The fourth-order valence-electron chi connectivity index (χ4n) is 1.66. The number of hydrogen-bond acceptors (Lipinski definition) is 3. The summed E-state index contributed by atoms with van der Waals surface area (Å²) in [6.07, 6.45) is 3.51. The minimum absolute atomic E-state index is 0.147. The lowest BCUT2D eigenvalue weighted by molar-refractivity contribution is -0.131. The summed E-state index contributed by atoms with van der Waals surface area (Å²) in [5.74, 6) is -1.68. The van der Waals surface area contributed by atoms with Crippen LogP contribution in [0.25, 0.3) is 6.08 Å². The molecule has 2 rings (SSSR count). The molecule has 1 N–H and O–H groups in total. The highest BCUT2D eigenvalue weighted by Crippen LogP contribution is 2.13. The Morgan fingerprint density at radius 2 is 2.20 bits per heavy atom. The summed E-state index contributed by atoms with van der Waals surface area (Å²) >= 11 is 0. The molecule has 0 bridgehead atoms. The first-order chi connectivity index (χ1) is 9.56. The van der Waals surface area contributed by atoms with Crippen molar-refractivity contribution >= 4 is 12.0 Å². The number of nitrogens with zero attached hydrogens (tertiary/aromatic N) is 2. The number of hydrogen-bond donors (Lipinski definition) is 1. The van der Waals surface area contributed by atoms with Crippen molar-refractivity contribution in [3.63, 3.8) is 0 Å². The van der Waals surface area contributed by atoms with Gasteiger partial charge in [0.05, 0.1) is 6.54 Å². The van der Waals surface area contributed by atoms with Crippen molar-refractivity contribution in [3.8, 4) is 0 Å². The summed E-state index contributed by atoms with van der Waals surface area (Å²) in [6.45, 7) is 0.188. The molecule has 0 atom stereocenters. The normalized spacial score (nSPS) is 10.8. The second-order valence-corrected chi connectivity index (χ2v) is 4.05. The Kier molecular flexibility index (Phi) is 4.05. The van der Waals surface area contributed by atoms with Crippen LogP contribution in [0.1, 0.15) is 11.1 Å². The zero-order chi connectivity index (χ0) is 14.5. The highest BCUT2D eigenvalue weighted by Gasteiger charge is 2.03. The number of carboxylic acid groups (broad SMARTS) is 1. The van der Waals surface area contributed by atoms with Gasteiger partial charge in [-0.2, -0.15) is 5.10 Å². The van der Waals surface area contributed by atoms with Crippen LogP contribution in [0.4, 0.5) is 4.39 Å². The van der Waals surface area contributed by atoms with Crippen molar-refractivity contribution in [1.82, 2.24) is 9.78 Å². The van der Waals surface area contributed by atoms with Crippen LogP contribution in [0.5, 0.6) is 0 Å². The topological polar surface area (TPSA) is 72.2 Å². The summed E-state index contributed by atoms with van der Waals surface area (Å²) in [5, 5.41) is 12.4. The second-order valence-electron chi connectivity index (χ2n) is 4.05. The third kappa shape index (κ3) is 3.38. The molecular weight excluding hydrogens is 263 g/mol. The lowest BCUT2D eigenvalue weighted by Crippen LogP contribution is -2.21. The molecule has 0 radical (unpaired) electrons. The Bertz CT molecular complexity index is 722. The van der Waals surface area contributed by atoms with Gasteiger partial charge in [0.25, 0.3) is 5.56 Å². The molecule has 0 aliphatic heterocycles. The molecule has 0 aliphatic carbocycles. The van der Waals surface area contributed by atoms with Gasteiger partial charge in [0.2, 0.25) is 0 Å². The maximum absolute atomic E-state index is 13.5. The Hall–Kier alpha value is -2.76. The summed E-state index contributed by atoms with van der Waals surface area (Å²) in [5.41, 5.74) is 0.533. The van der Waals surface area contributed by atoms with Crippen LogP contribution >= 0.6 is 0 Å².